The van der Waals surface area contributed by atoms with Crippen LogP contribution in [0.15, 0.2) is 41.1 Å². The van der Waals surface area contributed by atoms with Crippen LogP contribution in [0.3, 0.4) is 0 Å². The minimum absolute atomic E-state index is 0.00779. The van der Waals surface area contributed by atoms with E-state index in [2.05, 4.69) is 36.7 Å². The number of aromatic nitrogens is 1. The second-order valence-electron chi connectivity index (χ2n) is 10.7. The van der Waals surface area contributed by atoms with Gasteiger partial charge in [0.15, 0.2) is 0 Å². The Morgan fingerprint density at radius 1 is 1.09 bits per heavy atom. The van der Waals surface area contributed by atoms with Crippen molar-refractivity contribution in [1.29, 1.82) is 0 Å². The van der Waals surface area contributed by atoms with Crippen molar-refractivity contribution in [2.45, 2.75) is 71.3 Å². The zero-order valence-corrected chi connectivity index (χ0v) is 21.7. The number of carbonyl (C=O) groups excluding carboxylic acids is 2. The summed E-state index contributed by atoms with van der Waals surface area (Å²) < 4.78 is 5.79. The molecule has 0 aromatic carbocycles. The predicted molar refractivity (Wildman–Crippen MR) is 136 cm³/mol. The highest BCUT2D eigenvalue weighted by molar-refractivity contribution is 6.07. The zero-order chi connectivity index (χ0) is 25.0. The van der Waals surface area contributed by atoms with Crippen molar-refractivity contribution in [3.63, 3.8) is 0 Å². The van der Waals surface area contributed by atoms with Gasteiger partial charge in [-0.3, -0.25) is 14.7 Å². The second kappa shape index (κ2) is 10.9. The first-order chi connectivity index (χ1) is 16.8. The van der Waals surface area contributed by atoms with Crippen LogP contribution in [0.1, 0.15) is 69.5 Å². The molecule has 4 rings (SSSR count). The monoisotopic (exact) mass is 480 g/mol. The lowest BCUT2D eigenvalue weighted by atomic mass is 9.85. The Morgan fingerprint density at radius 2 is 1.86 bits per heavy atom. The summed E-state index contributed by atoms with van der Waals surface area (Å²) in [5.41, 5.74) is 0.447. The largest absolute Gasteiger partial charge is 0.466 e. The maximum Gasteiger partial charge on any atom is 0.327 e. The summed E-state index contributed by atoms with van der Waals surface area (Å²) in [6.07, 6.45) is 7.60. The van der Waals surface area contributed by atoms with Crippen molar-refractivity contribution in [3.8, 4) is 0 Å². The van der Waals surface area contributed by atoms with E-state index in [1.807, 2.05) is 36.2 Å². The molecule has 2 aromatic rings. The van der Waals surface area contributed by atoms with E-state index in [-0.39, 0.29) is 11.9 Å². The Bertz CT molecular complexity index is 995. The Labute approximate surface area is 209 Å². The highest BCUT2D eigenvalue weighted by Crippen LogP contribution is 2.38. The van der Waals surface area contributed by atoms with E-state index in [9.17, 15) is 9.59 Å². The summed E-state index contributed by atoms with van der Waals surface area (Å²) in [5, 5.41) is 0. The number of hydrogen-bond donors (Lipinski definition) is 0. The standard InChI is InChI=1S/C28H40N4O3/c1-21(2)20-32-27(34)31(15-6-8-24-7-5-14-29-19-24)26(33)28(32)12-17-30(18-13-28)16-11-22(3)25-10-9-23(4)35-25/h5,7,9-10,14,19,21-22H,6,8,11-13,15-18,20H2,1-4H3. The number of imide groups is 1. The van der Waals surface area contributed by atoms with Gasteiger partial charge in [0.05, 0.1) is 0 Å². The van der Waals surface area contributed by atoms with Crippen LogP contribution < -0.4 is 0 Å². The van der Waals surface area contributed by atoms with Crippen molar-refractivity contribution in [2.24, 2.45) is 5.92 Å². The first kappa shape index (κ1) is 25.4. The van der Waals surface area contributed by atoms with Crippen LogP contribution in [0.4, 0.5) is 4.79 Å². The van der Waals surface area contributed by atoms with Gasteiger partial charge in [0.2, 0.25) is 0 Å². The van der Waals surface area contributed by atoms with Crippen molar-refractivity contribution < 1.29 is 14.0 Å². The molecule has 0 aliphatic carbocycles. The van der Waals surface area contributed by atoms with Crippen LogP contribution in [0.5, 0.6) is 0 Å². The second-order valence-corrected chi connectivity index (χ2v) is 10.7. The number of furan rings is 1. The molecule has 0 radical (unpaired) electrons. The van der Waals surface area contributed by atoms with Gasteiger partial charge in [0.1, 0.15) is 17.1 Å². The van der Waals surface area contributed by atoms with Crippen molar-refractivity contribution in [3.05, 3.63) is 53.7 Å². The maximum absolute atomic E-state index is 13.7. The molecule has 1 atom stereocenters. The molecule has 2 aliphatic heterocycles. The average Bonchev–Trinajstić information content (AvgIpc) is 3.36. The van der Waals surface area contributed by atoms with Gasteiger partial charge in [-0.1, -0.05) is 26.8 Å². The zero-order valence-electron chi connectivity index (χ0n) is 21.7. The van der Waals surface area contributed by atoms with Gasteiger partial charge in [-0.05, 0) is 75.3 Å². The number of nitrogens with zero attached hydrogens (tertiary/aromatic N) is 4. The Balaban J connectivity index is 1.37. The molecule has 1 unspecified atom stereocenters. The molecule has 190 valence electrons. The number of amides is 3. The number of likely N-dealkylation sites (tertiary alicyclic amines) is 1. The van der Waals surface area contributed by atoms with Gasteiger partial charge in [0.25, 0.3) is 5.91 Å². The van der Waals surface area contributed by atoms with Crippen LogP contribution in [-0.4, -0.2) is 69.9 Å². The number of rotatable bonds is 10. The third kappa shape index (κ3) is 5.61. The van der Waals surface area contributed by atoms with Gasteiger partial charge in [0, 0.05) is 44.5 Å². The summed E-state index contributed by atoms with van der Waals surface area (Å²) in [6, 6.07) is 7.94. The molecule has 2 aliphatic rings. The molecule has 7 nitrogen and oxygen atoms in total. The topological polar surface area (TPSA) is 69.9 Å². The predicted octanol–water partition coefficient (Wildman–Crippen LogP) is 4.86. The van der Waals surface area contributed by atoms with Crippen LogP contribution in [0, 0.1) is 12.8 Å². The third-order valence-electron chi connectivity index (χ3n) is 7.55. The molecule has 0 N–H and O–H groups in total. The molecule has 4 heterocycles. The maximum atomic E-state index is 13.7. The molecule has 2 saturated heterocycles. The van der Waals surface area contributed by atoms with E-state index in [0.717, 1.165) is 56.0 Å². The minimum Gasteiger partial charge on any atom is -0.466 e. The lowest BCUT2D eigenvalue weighted by Gasteiger charge is -2.43. The van der Waals surface area contributed by atoms with E-state index in [1.54, 1.807) is 6.20 Å². The van der Waals surface area contributed by atoms with E-state index >= 15 is 0 Å². The lowest BCUT2D eigenvalue weighted by Crippen LogP contribution is -2.57. The molecule has 7 heteroatoms. The highest BCUT2D eigenvalue weighted by Gasteiger charge is 2.57. The first-order valence-corrected chi connectivity index (χ1v) is 13.1. The fourth-order valence-corrected chi connectivity index (χ4v) is 5.45. The summed E-state index contributed by atoms with van der Waals surface area (Å²) in [4.78, 5) is 37.1. The van der Waals surface area contributed by atoms with Crippen LogP contribution in [0.2, 0.25) is 0 Å². The molecule has 0 bridgehead atoms. The Hall–Kier alpha value is -2.67. The Morgan fingerprint density at radius 3 is 2.49 bits per heavy atom. The van der Waals surface area contributed by atoms with Gasteiger partial charge < -0.3 is 14.2 Å². The fraction of sp³-hybridized carbons (Fsp3) is 0.607. The molecular weight excluding hydrogens is 440 g/mol. The van der Waals surface area contributed by atoms with Crippen LogP contribution in [0.25, 0.3) is 0 Å². The van der Waals surface area contributed by atoms with E-state index < -0.39 is 5.54 Å². The van der Waals surface area contributed by atoms with E-state index in [0.29, 0.717) is 37.8 Å². The molecule has 2 fully saturated rings. The van der Waals surface area contributed by atoms with Crippen molar-refractivity contribution in [2.75, 3.05) is 32.7 Å². The lowest BCUT2D eigenvalue weighted by molar-refractivity contribution is -0.135. The van der Waals surface area contributed by atoms with Crippen LogP contribution in [-0.2, 0) is 11.2 Å². The first-order valence-electron chi connectivity index (χ1n) is 13.1. The third-order valence-corrected chi connectivity index (χ3v) is 7.55. The normalized spacial score (nSPS) is 19.3. The summed E-state index contributed by atoms with van der Waals surface area (Å²) in [7, 11) is 0. The molecule has 2 aromatic heterocycles. The molecule has 35 heavy (non-hydrogen) atoms. The summed E-state index contributed by atoms with van der Waals surface area (Å²) >= 11 is 0. The number of pyridine rings is 1. The van der Waals surface area contributed by atoms with Gasteiger partial charge in [-0.2, -0.15) is 0 Å². The number of carbonyl (C=O) groups is 2. The quantitative estimate of drug-likeness (QED) is 0.454. The average molecular weight is 481 g/mol. The smallest absolute Gasteiger partial charge is 0.327 e. The SMILES string of the molecule is Cc1ccc(C(C)CCN2CCC3(CC2)C(=O)N(CCCc2cccnc2)C(=O)N3CC(C)C)o1. The molecule has 1 spiro atoms. The summed E-state index contributed by atoms with van der Waals surface area (Å²) in [5.74, 6) is 2.68. The van der Waals surface area contributed by atoms with Crippen molar-refractivity contribution >= 4 is 11.9 Å². The minimum atomic E-state index is -0.685. The number of urea groups is 1. The summed E-state index contributed by atoms with van der Waals surface area (Å²) in [6.45, 7) is 12.1. The van der Waals surface area contributed by atoms with Crippen LogP contribution >= 0.6 is 0 Å². The van der Waals surface area contributed by atoms with Gasteiger partial charge in [-0.15, -0.1) is 0 Å². The Kier molecular flexibility index (Phi) is 7.95. The van der Waals surface area contributed by atoms with Crippen molar-refractivity contribution in [1.82, 2.24) is 19.7 Å². The highest BCUT2D eigenvalue weighted by atomic mass is 16.3. The number of aryl methyl sites for hydroxylation is 2. The molecule has 3 amide bonds. The van der Waals surface area contributed by atoms with E-state index in [1.165, 1.54) is 4.90 Å². The van der Waals surface area contributed by atoms with E-state index in [4.69, 9.17) is 4.42 Å². The molecule has 0 saturated carbocycles. The number of hydrogen-bond acceptors (Lipinski definition) is 5. The van der Waals surface area contributed by atoms with Gasteiger partial charge in [-0.25, -0.2) is 4.79 Å². The number of piperidine rings is 1. The van der Waals surface area contributed by atoms with Gasteiger partial charge >= 0.3 is 6.03 Å². The molecular formula is C28H40N4O3. The fourth-order valence-electron chi connectivity index (χ4n) is 5.45.